The van der Waals surface area contributed by atoms with Crippen molar-refractivity contribution < 1.29 is 13.2 Å². The van der Waals surface area contributed by atoms with Gasteiger partial charge in [0, 0.05) is 11.6 Å². The maximum atomic E-state index is 12.6. The topological polar surface area (TPSA) is 66.8 Å². The Morgan fingerprint density at radius 3 is 2.55 bits per heavy atom. The predicted molar refractivity (Wildman–Crippen MR) is 75.7 cm³/mol. The molecule has 20 heavy (non-hydrogen) atoms. The molecule has 0 spiro atoms. The molecule has 1 heterocycles. The Balaban J connectivity index is 2.38. The van der Waals surface area contributed by atoms with Crippen molar-refractivity contribution in [3.63, 3.8) is 0 Å². The van der Waals surface area contributed by atoms with Crippen LogP contribution in [-0.2, 0) is 14.8 Å². The molecule has 0 aromatic heterocycles. The monoisotopic (exact) mass is 314 g/mol. The molecule has 1 aliphatic heterocycles. The third-order valence-electron chi connectivity index (χ3n) is 3.30. The number of halogens is 1. The van der Waals surface area contributed by atoms with Gasteiger partial charge in [-0.2, -0.15) is 9.30 Å². The standard InChI is InChI=1S/C13H15ClN2O3S/c14-11-5-7-12(8-6-11)20(18,19)16-9-3-1-2-4-13(16)15-10-17/h5-8,13H,1-4,9H2. The Hall–Kier alpha value is -1.20. The minimum atomic E-state index is -3.67. The van der Waals surface area contributed by atoms with Crippen molar-refractivity contribution in [1.82, 2.24) is 4.31 Å². The highest BCUT2D eigenvalue weighted by molar-refractivity contribution is 7.89. The summed E-state index contributed by atoms with van der Waals surface area (Å²) in [6.45, 7) is 0.362. The van der Waals surface area contributed by atoms with Gasteiger partial charge in [-0.1, -0.05) is 18.0 Å². The third kappa shape index (κ3) is 3.27. The first kappa shape index (κ1) is 15.2. The van der Waals surface area contributed by atoms with Gasteiger partial charge in [-0.05, 0) is 43.5 Å². The van der Waals surface area contributed by atoms with Crippen LogP contribution in [-0.4, -0.2) is 31.5 Å². The fourth-order valence-corrected chi connectivity index (χ4v) is 4.00. The van der Waals surface area contributed by atoms with Crippen LogP contribution in [0.15, 0.2) is 34.2 Å². The van der Waals surface area contributed by atoms with E-state index in [0.29, 0.717) is 18.0 Å². The van der Waals surface area contributed by atoms with Crippen molar-refractivity contribution >= 4 is 27.7 Å². The summed E-state index contributed by atoms with van der Waals surface area (Å²) >= 11 is 5.77. The number of isocyanates is 1. The highest BCUT2D eigenvalue weighted by Crippen LogP contribution is 2.26. The fourth-order valence-electron chi connectivity index (χ4n) is 2.28. The first-order valence-electron chi connectivity index (χ1n) is 6.40. The van der Waals surface area contributed by atoms with Gasteiger partial charge in [0.2, 0.25) is 16.1 Å². The van der Waals surface area contributed by atoms with Crippen molar-refractivity contribution in [1.29, 1.82) is 0 Å². The molecule has 0 N–H and O–H groups in total. The number of benzene rings is 1. The van der Waals surface area contributed by atoms with Crippen LogP contribution in [0.5, 0.6) is 0 Å². The molecule has 0 bridgehead atoms. The van der Waals surface area contributed by atoms with Crippen LogP contribution in [0.2, 0.25) is 5.02 Å². The number of nitrogens with zero attached hydrogens (tertiary/aromatic N) is 2. The summed E-state index contributed by atoms with van der Waals surface area (Å²) in [5.74, 6) is 0. The molecule has 0 radical (unpaired) electrons. The molecule has 1 fully saturated rings. The average molecular weight is 315 g/mol. The SMILES string of the molecule is O=C=NC1CCCCCN1S(=O)(=O)c1ccc(Cl)cc1. The van der Waals surface area contributed by atoms with Crippen LogP contribution in [0.4, 0.5) is 0 Å². The lowest BCUT2D eigenvalue weighted by molar-refractivity contribution is 0.330. The molecule has 7 heteroatoms. The van der Waals surface area contributed by atoms with Gasteiger partial charge in [-0.25, -0.2) is 13.2 Å². The van der Waals surface area contributed by atoms with E-state index >= 15 is 0 Å². The zero-order valence-corrected chi connectivity index (χ0v) is 12.4. The quantitative estimate of drug-likeness (QED) is 0.636. The lowest BCUT2D eigenvalue weighted by Gasteiger charge is -2.25. The van der Waals surface area contributed by atoms with Crippen LogP contribution in [0.1, 0.15) is 25.7 Å². The Bertz CT molecular complexity index is 609. The summed E-state index contributed by atoms with van der Waals surface area (Å²) in [6.07, 6.45) is 3.90. The Labute approximate surface area is 123 Å². The highest BCUT2D eigenvalue weighted by Gasteiger charge is 2.32. The van der Waals surface area contributed by atoms with E-state index < -0.39 is 16.2 Å². The van der Waals surface area contributed by atoms with E-state index in [1.54, 1.807) is 0 Å². The Kier molecular flexibility index (Phi) is 4.94. The summed E-state index contributed by atoms with van der Waals surface area (Å²) in [5, 5.41) is 0.474. The molecule has 1 unspecified atom stereocenters. The zero-order chi connectivity index (χ0) is 14.6. The molecule has 1 aliphatic rings. The third-order valence-corrected chi connectivity index (χ3v) is 5.46. The number of aliphatic imine (C=N–C) groups is 1. The highest BCUT2D eigenvalue weighted by atomic mass is 35.5. The van der Waals surface area contributed by atoms with Gasteiger partial charge >= 0.3 is 0 Å². The summed E-state index contributed by atoms with van der Waals surface area (Å²) < 4.78 is 26.5. The van der Waals surface area contributed by atoms with Gasteiger partial charge in [-0.15, -0.1) is 0 Å². The molecule has 0 saturated carbocycles. The normalized spacial score (nSPS) is 20.9. The van der Waals surface area contributed by atoms with E-state index in [1.807, 2.05) is 0 Å². The van der Waals surface area contributed by atoms with Crippen molar-refractivity contribution in [2.75, 3.05) is 6.54 Å². The van der Waals surface area contributed by atoms with Crippen molar-refractivity contribution in [2.45, 2.75) is 36.7 Å². The second-order valence-corrected chi connectivity index (χ2v) is 6.95. The summed E-state index contributed by atoms with van der Waals surface area (Å²) in [4.78, 5) is 14.3. The minimum Gasteiger partial charge on any atom is -0.211 e. The molecule has 0 amide bonds. The molecular formula is C13H15ClN2O3S. The number of rotatable bonds is 3. The van der Waals surface area contributed by atoms with Gasteiger partial charge in [0.15, 0.2) is 0 Å². The van der Waals surface area contributed by atoms with E-state index in [2.05, 4.69) is 4.99 Å². The molecule has 1 aromatic rings. The van der Waals surface area contributed by atoms with Crippen molar-refractivity contribution in [3.05, 3.63) is 29.3 Å². The molecule has 2 rings (SSSR count). The maximum absolute atomic E-state index is 12.6. The number of hydrogen-bond acceptors (Lipinski definition) is 4. The van der Waals surface area contributed by atoms with Crippen LogP contribution in [0, 0.1) is 0 Å². The molecule has 1 atom stereocenters. The van der Waals surface area contributed by atoms with Gasteiger partial charge in [-0.3, -0.25) is 0 Å². The van der Waals surface area contributed by atoms with E-state index in [0.717, 1.165) is 19.3 Å². The zero-order valence-electron chi connectivity index (χ0n) is 10.8. The van der Waals surface area contributed by atoms with Gasteiger partial charge in [0.25, 0.3) is 0 Å². The Morgan fingerprint density at radius 1 is 1.20 bits per heavy atom. The smallest absolute Gasteiger partial charge is 0.211 e. The van der Waals surface area contributed by atoms with E-state index in [1.165, 1.54) is 34.7 Å². The second kappa shape index (κ2) is 6.50. The summed E-state index contributed by atoms with van der Waals surface area (Å²) in [5.41, 5.74) is 0. The Morgan fingerprint density at radius 2 is 1.90 bits per heavy atom. The first-order chi connectivity index (χ1) is 9.55. The van der Waals surface area contributed by atoms with E-state index in [-0.39, 0.29) is 4.90 Å². The molecule has 5 nitrogen and oxygen atoms in total. The van der Waals surface area contributed by atoms with Crippen molar-refractivity contribution in [3.8, 4) is 0 Å². The largest absolute Gasteiger partial charge is 0.244 e. The average Bonchev–Trinajstić information content (AvgIpc) is 2.65. The second-order valence-electron chi connectivity index (χ2n) is 4.62. The minimum absolute atomic E-state index is 0.162. The first-order valence-corrected chi connectivity index (χ1v) is 8.22. The molecular weight excluding hydrogens is 300 g/mol. The van der Waals surface area contributed by atoms with Crippen LogP contribution in [0.3, 0.4) is 0 Å². The van der Waals surface area contributed by atoms with Gasteiger partial charge in [0.1, 0.15) is 6.17 Å². The van der Waals surface area contributed by atoms with Crippen LogP contribution < -0.4 is 0 Å². The van der Waals surface area contributed by atoms with Crippen molar-refractivity contribution in [2.24, 2.45) is 4.99 Å². The molecule has 1 saturated heterocycles. The lowest BCUT2D eigenvalue weighted by atomic mass is 10.2. The van der Waals surface area contributed by atoms with E-state index in [9.17, 15) is 13.2 Å². The van der Waals surface area contributed by atoms with Gasteiger partial charge < -0.3 is 0 Å². The van der Waals surface area contributed by atoms with Gasteiger partial charge in [0.05, 0.1) is 4.90 Å². The van der Waals surface area contributed by atoms with E-state index in [4.69, 9.17) is 11.6 Å². The molecule has 1 aromatic carbocycles. The predicted octanol–water partition coefficient (Wildman–Crippen LogP) is 2.57. The van der Waals surface area contributed by atoms with Crippen LogP contribution in [0.25, 0.3) is 0 Å². The number of hydrogen-bond donors (Lipinski definition) is 0. The summed E-state index contributed by atoms with van der Waals surface area (Å²) in [6, 6.07) is 5.99. The number of sulfonamides is 1. The maximum Gasteiger partial charge on any atom is 0.244 e. The lowest BCUT2D eigenvalue weighted by Crippen LogP contribution is -2.38. The number of carbonyl (C=O) groups excluding carboxylic acids is 1. The van der Waals surface area contributed by atoms with Crippen LogP contribution >= 0.6 is 11.6 Å². The summed E-state index contributed by atoms with van der Waals surface area (Å²) in [7, 11) is -3.67. The molecule has 108 valence electrons. The fraction of sp³-hybridized carbons (Fsp3) is 0.462. The molecule has 0 aliphatic carbocycles.